The fourth-order valence-electron chi connectivity index (χ4n) is 5.62. The summed E-state index contributed by atoms with van der Waals surface area (Å²) in [6.45, 7) is 0.546. The minimum absolute atomic E-state index is 0.0426. The third-order valence-electron chi connectivity index (χ3n) is 8.01. The Balaban J connectivity index is 1.72. The summed E-state index contributed by atoms with van der Waals surface area (Å²) in [7, 11) is 4.62. The summed E-state index contributed by atoms with van der Waals surface area (Å²) in [6.07, 6.45) is 0.282. The van der Waals surface area contributed by atoms with E-state index in [9.17, 15) is 24.9 Å². The predicted octanol–water partition coefficient (Wildman–Crippen LogP) is 1.83. The molecule has 45 heavy (non-hydrogen) atoms. The molecule has 1 unspecified atom stereocenters. The van der Waals surface area contributed by atoms with Crippen molar-refractivity contribution in [3.05, 3.63) is 56.7 Å². The van der Waals surface area contributed by atoms with E-state index in [2.05, 4.69) is 27.9 Å². The number of carbonyl (C=O) groups is 2. The van der Waals surface area contributed by atoms with E-state index in [-0.39, 0.29) is 45.2 Å². The quantitative estimate of drug-likeness (QED) is 0.211. The molecule has 2 aromatic carbocycles. The van der Waals surface area contributed by atoms with Gasteiger partial charge in [0.15, 0.2) is 11.5 Å². The lowest BCUT2D eigenvalue weighted by Crippen LogP contribution is -2.56. The SMILES string of the molecule is COc1ccc(OC)c(CCN(C(=O)C2CCOC2)[C@@H]2CC(C(=O)NCCO)=C[C@H](Oc3c(I)cc(CO)cc3OC)[C@H]2O)c1. The van der Waals surface area contributed by atoms with E-state index >= 15 is 0 Å². The van der Waals surface area contributed by atoms with Gasteiger partial charge in [0.05, 0.1) is 56.7 Å². The summed E-state index contributed by atoms with van der Waals surface area (Å²) in [4.78, 5) is 28.9. The molecule has 1 aliphatic heterocycles. The van der Waals surface area contributed by atoms with Crippen LogP contribution >= 0.6 is 22.6 Å². The van der Waals surface area contributed by atoms with Gasteiger partial charge in [0.1, 0.15) is 23.7 Å². The molecule has 1 heterocycles. The maximum atomic E-state index is 14.1. The van der Waals surface area contributed by atoms with Crippen molar-refractivity contribution in [2.75, 3.05) is 54.2 Å². The standard InChI is InChI=1S/C32H41IN2O10/c1-41-23-4-5-26(42-2)20(14-23)6-9-35(32(40)21-7-11-44-18-21)25-15-22(31(39)34-8-10-36)16-27(29(25)38)45-30-24(33)12-19(17-37)13-28(30)43-3/h4-5,12-14,16,21,25,27,29,36-38H,6-11,15,17-18H2,1-3H3,(H,34,39)/t21?,25-,27+,29+/m1/s1. The van der Waals surface area contributed by atoms with Crippen molar-refractivity contribution in [1.82, 2.24) is 10.2 Å². The fourth-order valence-corrected chi connectivity index (χ4v) is 6.41. The summed E-state index contributed by atoms with van der Waals surface area (Å²) in [5.41, 5.74) is 1.74. The zero-order valence-corrected chi connectivity index (χ0v) is 27.8. The second kappa shape index (κ2) is 16.5. The average Bonchev–Trinajstić information content (AvgIpc) is 3.60. The molecule has 1 aliphatic carbocycles. The van der Waals surface area contributed by atoms with Crippen LogP contribution in [-0.2, 0) is 27.4 Å². The molecular formula is C32H41IN2O10. The first-order valence-electron chi connectivity index (χ1n) is 14.7. The fraction of sp³-hybridized carbons (Fsp3) is 0.500. The van der Waals surface area contributed by atoms with Gasteiger partial charge < -0.3 is 49.2 Å². The molecule has 13 heteroatoms. The Morgan fingerprint density at radius 1 is 1.09 bits per heavy atom. The first-order chi connectivity index (χ1) is 21.7. The van der Waals surface area contributed by atoms with Crippen LogP contribution in [0, 0.1) is 9.49 Å². The van der Waals surface area contributed by atoms with Crippen LogP contribution in [0.1, 0.15) is 24.0 Å². The van der Waals surface area contributed by atoms with Crippen molar-refractivity contribution >= 4 is 34.4 Å². The molecule has 0 spiro atoms. The summed E-state index contributed by atoms with van der Waals surface area (Å²) < 4.78 is 29.0. The Bertz CT molecular complexity index is 1360. The van der Waals surface area contributed by atoms with Gasteiger partial charge in [0.25, 0.3) is 0 Å². The monoisotopic (exact) mass is 740 g/mol. The van der Waals surface area contributed by atoms with E-state index in [1.54, 1.807) is 49.5 Å². The summed E-state index contributed by atoms with van der Waals surface area (Å²) in [6, 6.07) is 7.98. The van der Waals surface area contributed by atoms with Crippen molar-refractivity contribution in [3.8, 4) is 23.0 Å². The smallest absolute Gasteiger partial charge is 0.247 e. The van der Waals surface area contributed by atoms with Crippen LogP contribution in [0.15, 0.2) is 42.0 Å². The number of hydrogen-bond donors (Lipinski definition) is 4. The van der Waals surface area contributed by atoms with Gasteiger partial charge in [-0.15, -0.1) is 0 Å². The Morgan fingerprint density at radius 3 is 2.51 bits per heavy atom. The highest BCUT2D eigenvalue weighted by Crippen LogP contribution is 2.37. The van der Waals surface area contributed by atoms with Gasteiger partial charge in [-0.25, -0.2) is 0 Å². The van der Waals surface area contributed by atoms with E-state index < -0.39 is 30.1 Å². The first kappa shape index (κ1) is 34.8. The van der Waals surface area contributed by atoms with E-state index in [4.69, 9.17) is 23.7 Å². The molecule has 0 aromatic heterocycles. The van der Waals surface area contributed by atoms with Gasteiger partial charge in [0.2, 0.25) is 11.8 Å². The van der Waals surface area contributed by atoms with Crippen LogP contribution < -0.4 is 24.3 Å². The van der Waals surface area contributed by atoms with Gasteiger partial charge in [-0.1, -0.05) is 0 Å². The molecule has 1 fully saturated rings. The minimum Gasteiger partial charge on any atom is -0.497 e. The normalized spacial score (nSPS) is 21.1. The molecule has 12 nitrogen and oxygen atoms in total. The third-order valence-corrected chi connectivity index (χ3v) is 8.81. The Labute approximate surface area is 276 Å². The molecule has 4 atom stereocenters. The molecule has 246 valence electrons. The molecule has 1 saturated heterocycles. The number of ether oxygens (including phenoxy) is 5. The first-order valence-corrected chi connectivity index (χ1v) is 15.8. The second-order valence-electron chi connectivity index (χ2n) is 10.8. The van der Waals surface area contributed by atoms with Gasteiger partial charge in [-0.3, -0.25) is 9.59 Å². The van der Waals surface area contributed by atoms with E-state index in [0.717, 1.165) is 5.56 Å². The second-order valence-corrected chi connectivity index (χ2v) is 12.0. The highest BCUT2D eigenvalue weighted by molar-refractivity contribution is 14.1. The summed E-state index contributed by atoms with van der Waals surface area (Å²) in [5.74, 6) is 0.936. The number of rotatable bonds is 14. The topological polar surface area (TPSA) is 156 Å². The van der Waals surface area contributed by atoms with Crippen LogP contribution in [0.4, 0.5) is 0 Å². The van der Waals surface area contributed by atoms with Crippen LogP contribution in [0.25, 0.3) is 0 Å². The zero-order valence-electron chi connectivity index (χ0n) is 25.7. The molecule has 4 rings (SSSR count). The maximum Gasteiger partial charge on any atom is 0.247 e. The van der Waals surface area contributed by atoms with Gasteiger partial charge >= 0.3 is 0 Å². The van der Waals surface area contributed by atoms with Crippen LogP contribution in [0.5, 0.6) is 23.0 Å². The minimum atomic E-state index is -1.23. The molecule has 0 saturated carbocycles. The van der Waals surface area contributed by atoms with Crippen molar-refractivity contribution in [2.24, 2.45) is 5.92 Å². The van der Waals surface area contributed by atoms with Crippen molar-refractivity contribution in [3.63, 3.8) is 0 Å². The lowest BCUT2D eigenvalue weighted by molar-refractivity contribution is -0.142. The Hall–Kier alpha value is -3.11. The van der Waals surface area contributed by atoms with Gasteiger partial charge in [-0.05, 0) is 83.0 Å². The molecule has 4 N–H and O–H groups in total. The summed E-state index contributed by atoms with van der Waals surface area (Å²) in [5, 5.41) is 33.5. The number of aliphatic hydroxyl groups excluding tert-OH is 3. The number of benzene rings is 2. The predicted molar refractivity (Wildman–Crippen MR) is 173 cm³/mol. The van der Waals surface area contributed by atoms with Crippen LogP contribution in [0.2, 0.25) is 0 Å². The molecular weight excluding hydrogens is 699 g/mol. The molecule has 2 amide bonds. The molecule has 0 radical (unpaired) electrons. The third kappa shape index (κ3) is 8.38. The molecule has 2 aromatic rings. The van der Waals surface area contributed by atoms with E-state index in [1.807, 2.05) is 6.07 Å². The highest BCUT2D eigenvalue weighted by atomic mass is 127. The number of carbonyl (C=O) groups excluding carboxylic acids is 2. The van der Waals surface area contributed by atoms with Gasteiger partial charge in [-0.2, -0.15) is 0 Å². The number of hydrogen-bond acceptors (Lipinski definition) is 10. The van der Waals surface area contributed by atoms with E-state index in [0.29, 0.717) is 57.2 Å². The Morgan fingerprint density at radius 2 is 1.87 bits per heavy atom. The van der Waals surface area contributed by atoms with Crippen molar-refractivity contribution < 1.29 is 48.6 Å². The number of nitrogens with one attached hydrogen (secondary N) is 1. The zero-order chi connectivity index (χ0) is 32.5. The van der Waals surface area contributed by atoms with Crippen LogP contribution in [-0.4, -0.2) is 105 Å². The lowest BCUT2D eigenvalue weighted by atomic mass is 9.87. The van der Waals surface area contributed by atoms with E-state index in [1.165, 1.54) is 7.11 Å². The lowest BCUT2D eigenvalue weighted by Gasteiger charge is -2.41. The van der Waals surface area contributed by atoms with Crippen LogP contribution in [0.3, 0.4) is 0 Å². The Kier molecular flexibility index (Phi) is 12.7. The largest absolute Gasteiger partial charge is 0.497 e. The number of methoxy groups -OCH3 is 3. The maximum absolute atomic E-state index is 14.1. The molecule has 0 bridgehead atoms. The van der Waals surface area contributed by atoms with Gasteiger partial charge in [0, 0.05) is 31.7 Å². The summed E-state index contributed by atoms with van der Waals surface area (Å²) >= 11 is 2.06. The van der Waals surface area contributed by atoms with Crippen molar-refractivity contribution in [2.45, 2.75) is 44.1 Å². The highest BCUT2D eigenvalue weighted by Gasteiger charge is 2.42. The number of halogens is 1. The number of aliphatic hydroxyl groups is 3. The number of amides is 2. The average molecular weight is 741 g/mol. The molecule has 2 aliphatic rings. The number of nitrogens with zero attached hydrogens (tertiary/aromatic N) is 1. The van der Waals surface area contributed by atoms with Crippen molar-refractivity contribution in [1.29, 1.82) is 0 Å².